The number of carbonyl (C=O) groups is 3. The van der Waals surface area contributed by atoms with Gasteiger partial charge in [-0.1, -0.05) is 26.0 Å². The largest absolute Gasteiger partial charge is 0.445 e. The Kier molecular flexibility index (Phi) is 8.00. The SMILES string of the molecule is CC(C)N[C@]12CCN(C1)C(=O)OC/C=C\CCC[C@@](C)(C(=O)C(C)C)NCC2=O. The first-order valence-corrected chi connectivity index (χ1v) is 10.8. The summed E-state index contributed by atoms with van der Waals surface area (Å²) in [5.41, 5.74) is -1.57. The van der Waals surface area contributed by atoms with E-state index in [9.17, 15) is 14.4 Å². The molecule has 2 aliphatic heterocycles. The smallest absolute Gasteiger partial charge is 0.410 e. The van der Waals surface area contributed by atoms with Gasteiger partial charge in [0.25, 0.3) is 0 Å². The summed E-state index contributed by atoms with van der Waals surface area (Å²) in [6.45, 7) is 10.7. The van der Waals surface area contributed by atoms with Gasteiger partial charge < -0.3 is 15.0 Å². The second-order valence-corrected chi connectivity index (χ2v) is 9.12. The predicted octanol–water partition coefficient (Wildman–Crippen LogP) is 2.45. The number of nitrogens with zero attached hydrogens (tertiary/aromatic N) is 1. The molecule has 2 rings (SSSR count). The Morgan fingerprint density at radius 2 is 1.93 bits per heavy atom. The van der Waals surface area contributed by atoms with Crippen LogP contribution in [-0.4, -0.2) is 65.9 Å². The van der Waals surface area contributed by atoms with Crippen LogP contribution in [-0.2, 0) is 14.3 Å². The molecule has 2 atom stereocenters. The summed E-state index contributed by atoms with van der Waals surface area (Å²) in [5.74, 6) is -0.00993. The number of hydrogen-bond donors (Lipinski definition) is 2. The summed E-state index contributed by atoms with van der Waals surface area (Å²) in [7, 11) is 0. The molecule has 2 bridgehead atoms. The van der Waals surface area contributed by atoms with Gasteiger partial charge in [-0.15, -0.1) is 0 Å². The van der Waals surface area contributed by atoms with Crippen LogP contribution in [0, 0.1) is 5.92 Å². The molecule has 0 aromatic heterocycles. The molecule has 0 unspecified atom stereocenters. The Hall–Kier alpha value is -1.73. The van der Waals surface area contributed by atoms with Gasteiger partial charge in [-0.05, 0) is 46.5 Å². The second kappa shape index (κ2) is 9.85. The molecule has 0 aliphatic carbocycles. The molecular formula is C22H37N3O4. The summed E-state index contributed by atoms with van der Waals surface area (Å²) in [6.07, 6.45) is 6.21. The number of ketones is 2. The predicted molar refractivity (Wildman–Crippen MR) is 113 cm³/mol. The number of fused-ring (bicyclic) bond motifs is 2. The first-order chi connectivity index (χ1) is 13.6. The van der Waals surface area contributed by atoms with E-state index in [0.717, 1.165) is 12.8 Å². The van der Waals surface area contributed by atoms with Crippen LogP contribution in [0.25, 0.3) is 0 Å². The third-order valence-electron chi connectivity index (χ3n) is 5.85. The number of carbonyl (C=O) groups excluding carboxylic acids is 3. The molecule has 2 N–H and O–H groups in total. The molecule has 164 valence electrons. The highest BCUT2D eigenvalue weighted by atomic mass is 16.6. The number of cyclic esters (lactones) is 1. The average Bonchev–Trinajstić information content (AvgIpc) is 3.08. The van der Waals surface area contributed by atoms with Gasteiger partial charge in [-0.3, -0.25) is 14.9 Å². The highest BCUT2D eigenvalue weighted by molar-refractivity contribution is 5.94. The van der Waals surface area contributed by atoms with Gasteiger partial charge in [0.2, 0.25) is 0 Å². The zero-order valence-corrected chi connectivity index (χ0v) is 18.5. The number of Topliss-reactive ketones (excluding diaryl/α,β-unsaturated/α-hetero) is 2. The van der Waals surface area contributed by atoms with Crippen LogP contribution in [0.5, 0.6) is 0 Å². The zero-order valence-electron chi connectivity index (χ0n) is 18.5. The minimum absolute atomic E-state index is 0.0164. The highest BCUT2D eigenvalue weighted by Crippen LogP contribution is 2.26. The van der Waals surface area contributed by atoms with Crippen molar-refractivity contribution in [2.24, 2.45) is 5.92 Å². The molecule has 7 nitrogen and oxygen atoms in total. The monoisotopic (exact) mass is 407 g/mol. The molecule has 1 fully saturated rings. The maximum atomic E-state index is 13.3. The number of amides is 1. The summed E-state index contributed by atoms with van der Waals surface area (Å²) < 4.78 is 5.34. The number of ether oxygens (including phenoxy) is 1. The molecule has 7 heteroatoms. The molecule has 2 heterocycles. The van der Waals surface area contributed by atoms with Gasteiger partial charge >= 0.3 is 6.09 Å². The van der Waals surface area contributed by atoms with Gasteiger partial charge in [0.15, 0.2) is 11.6 Å². The van der Waals surface area contributed by atoms with E-state index in [2.05, 4.69) is 10.6 Å². The van der Waals surface area contributed by atoms with E-state index in [4.69, 9.17) is 4.74 Å². The minimum atomic E-state index is -0.821. The number of rotatable bonds is 4. The van der Waals surface area contributed by atoms with Crippen LogP contribution < -0.4 is 10.6 Å². The average molecular weight is 408 g/mol. The van der Waals surface area contributed by atoms with E-state index in [0.29, 0.717) is 19.4 Å². The Bertz CT molecular complexity index is 646. The number of allylic oxidation sites excluding steroid dienone is 1. The molecule has 0 aromatic rings. The maximum absolute atomic E-state index is 13.3. The molecule has 29 heavy (non-hydrogen) atoms. The topological polar surface area (TPSA) is 87.7 Å². The van der Waals surface area contributed by atoms with Gasteiger partial charge in [-0.25, -0.2) is 4.79 Å². The minimum Gasteiger partial charge on any atom is -0.445 e. The van der Waals surface area contributed by atoms with E-state index in [-0.39, 0.29) is 43.2 Å². The lowest BCUT2D eigenvalue weighted by Crippen LogP contribution is -2.61. The second-order valence-electron chi connectivity index (χ2n) is 9.12. The summed E-state index contributed by atoms with van der Waals surface area (Å²) in [6, 6.07) is 0.0867. The fraction of sp³-hybridized carbons (Fsp3) is 0.773. The van der Waals surface area contributed by atoms with Crippen LogP contribution in [0.1, 0.15) is 60.3 Å². The molecule has 0 aromatic carbocycles. The van der Waals surface area contributed by atoms with Gasteiger partial charge in [0, 0.05) is 25.0 Å². The molecule has 0 spiro atoms. The van der Waals surface area contributed by atoms with Crippen molar-refractivity contribution in [1.82, 2.24) is 15.5 Å². The van der Waals surface area contributed by atoms with E-state index in [1.807, 2.05) is 46.8 Å². The fourth-order valence-electron chi connectivity index (χ4n) is 4.29. The van der Waals surface area contributed by atoms with Crippen LogP contribution in [0.15, 0.2) is 12.2 Å². The molecule has 1 amide bonds. The van der Waals surface area contributed by atoms with E-state index in [1.165, 1.54) is 0 Å². The summed E-state index contributed by atoms with van der Waals surface area (Å²) in [4.78, 5) is 40.2. The molecule has 1 saturated heterocycles. The summed E-state index contributed by atoms with van der Waals surface area (Å²) >= 11 is 0. The van der Waals surface area contributed by atoms with Crippen molar-refractivity contribution >= 4 is 17.7 Å². The van der Waals surface area contributed by atoms with Crippen LogP contribution in [0.2, 0.25) is 0 Å². The quantitative estimate of drug-likeness (QED) is 0.696. The first-order valence-electron chi connectivity index (χ1n) is 10.8. The van der Waals surface area contributed by atoms with Crippen LogP contribution in [0.3, 0.4) is 0 Å². The number of nitrogens with one attached hydrogen (secondary N) is 2. The van der Waals surface area contributed by atoms with Crippen molar-refractivity contribution in [1.29, 1.82) is 0 Å². The van der Waals surface area contributed by atoms with E-state index >= 15 is 0 Å². The van der Waals surface area contributed by atoms with E-state index < -0.39 is 17.2 Å². The van der Waals surface area contributed by atoms with Crippen molar-refractivity contribution in [2.75, 3.05) is 26.2 Å². The van der Waals surface area contributed by atoms with Gasteiger partial charge in [0.05, 0.1) is 17.6 Å². The Balaban J connectivity index is 2.28. The molecule has 0 radical (unpaired) electrons. The third-order valence-corrected chi connectivity index (χ3v) is 5.85. The molecule has 2 aliphatic rings. The first kappa shape index (κ1) is 23.5. The zero-order chi connectivity index (χ0) is 21.7. The lowest BCUT2D eigenvalue weighted by atomic mass is 9.83. The maximum Gasteiger partial charge on any atom is 0.410 e. The fourth-order valence-corrected chi connectivity index (χ4v) is 4.29. The van der Waals surface area contributed by atoms with Crippen LogP contribution >= 0.6 is 0 Å². The van der Waals surface area contributed by atoms with Gasteiger partial charge in [0.1, 0.15) is 6.61 Å². The lowest BCUT2D eigenvalue weighted by molar-refractivity contribution is -0.129. The normalized spacial score (nSPS) is 30.8. The standard InChI is InChI=1S/C22H37N3O4/c1-16(2)19(27)21(5)10-8-6-7-9-13-29-20(28)25-12-11-22(15-25,24-17(3)4)18(26)14-23-21/h7,9,16-17,23-24H,6,8,10-15H2,1-5H3/b9-7-/t21-,22+/m0/s1. The van der Waals surface area contributed by atoms with Crippen molar-refractivity contribution < 1.29 is 19.1 Å². The third kappa shape index (κ3) is 5.89. The Morgan fingerprint density at radius 1 is 1.21 bits per heavy atom. The highest BCUT2D eigenvalue weighted by Gasteiger charge is 2.47. The number of hydrogen-bond acceptors (Lipinski definition) is 6. The van der Waals surface area contributed by atoms with Crippen molar-refractivity contribution in [3.63, 3.8) is 0 Å². The van der Waals surface area contributed by atoms with Crippen molar-refractivity contribution in [3.05, 3.63) is 12.2 Å². The van der Waals surface area contributed by atoms with E-state index in [1.54, 1.807) is 4.90 Å². The van der Waals surface area contributed by atoms with Gasteiger partial charge in [-0.2, -0.15) is 0 Å². The Morgan fingerprint density at radius 3 is 2.59 bits per heavy atom. The molecular weight excluding hydrogens is 370 g/mol. The molecule has 0 saturated carbocycles. The van der Waals surface area contributed by atoms with Crippen molar-refractivity contribution in [2.45, 2.75) is 77.4 Å². The Labute approximate surface area is 174 Å². The lowest BCUT2D eigenvalue weighted by Gasteiger charge is -2.35. The van der Waals surface area contributed by atoms with Crippen LogP contribution in [0.4, 0.5) is 4.79 Å². The van der Waals surface area contributed by atoms with Crippen molar-refractivity contribution in [3.8, 4) is 0 Å². The summed E-state index contributed by atoms with van der Waals surface area (Å²) in [5, 5.41) is 6.68.